The minimum Gasteiger partial charge on any atom is -0.315 e. The average molecular weight is 347 g/mol. The normalized spacial score (nSPS) is 25.5. The number of benzene rings is 1. The lowest BCUT2D eigenvalue weighted by molar-refractivity contribution is -0.138. The zero-order valence-electron chi connectivity index (χ0n) is 13.8. The molecule has 0 radical (unpaired) electrons. The second-order valence-electron chi connectivity index (χ2n) is 6.26. The van der Waals surface area contributed by atoms with Crippen molar-refractivity contribution >= 4 is 29.5 Å². The molecule has 1 aromatic rings. The van der Waals surface area contributed by atoms with Gasteiger partial charge in [-0.15, -0.1) is 11.8 Å². The van der Waals surface area contributed by atoms with Crippen molar-refractivity contribution < 1.29 is 14.4 Å². The van der Waals surface area contributed by atoms with Gasteiger partial charge in [-0.05, 0) is 37.5 Å². The van der Waals surface area contributed by atoms with Gasteiger partial charge in [0.1, 0.15) is 6.04 Å². The minimum atomic E-state index is -0.530. The molecule has 6 nitrogen and oxygen atoms in total. The number of carbonyl (C=O) groups excluding carboxylic acids is 3. The van der Waals surface area contributed by atoms with Gasteiger partial charge in [-0.3, -0.25) is 25.2 Å². The van der Waals surface area contributed by atoms with Crippen molar-refractivity contribution in [1.82, 2.24) is 15.8 Å². The van der Waals surface area contributed by atoms with E-state index >= 15 is 0 Å². The number of aryl methyl sites for hydroxylation is 1. The van der Waals surface area contributed by atoms with Gasteiger partial charge in [0, 0.05) is 17.7 Å². The van der Waals surface area contributed by atoms with Crippen LogP contribution < -0.4 is 10.9 Å². The Kier molecular flexibility index (Phi) is 4.54. The van der Waals surface area contributed by atoms with Crippen LogP contribution in [0.5, 0.6) is 0 Å². The minimum absolute atomic E-state index is 0.00382. The number of hydrazine groups is 1. The van der Waals surface area contributed by atoms with Crippen LogP contribution in [0.25, 0.3) is 0 Å². The van der Waals surface area contributed by atoms with Crippen LogP contribution in [0.4, 0.5) is 0 Å². The summed E-state index contributed by atoms with van der Waals surface area (Å²) >= 11 is 1.62. The van der Waals surface area contributed by atoms with E-state index in [9.17, 15) is 14.4 Å². The van der Waals surface area contributed by atoms with Crippen LogP contribution in [0, 0.1) is 0 Å². The zero-order valence-corrected chi connectivity index (χ0v) is 14.6. The lowest BCUT2D eigenvalue weighted by atomic mass is 10.1. The van der Waals surface area contributed by atoms with Crippen LogP contribution in [-0.2, 0) is 16.0 Å². The largest absolute Gasteiger partial charge is 0.315 e. The van der Waals surface area contributed by atoms with Crippen molar-refractivity contribution in [3.05, 3.63) is 35.4 Å². The molecule has 0 bridgehead atoms. The number of amides is 3. The summed E-state index contributed by atoms with van der Waals surface area (Å²) in [4.78, 5) is 37.9. The summed E-state index contributed by atoms with van der Waals surface area (Å²) in [6.45, 7) is 4.03. The van der Waals surface area contributed by atoms with E-state index in [-0.39, 0.29) is 22.6 Å². The SMILES string of the molecule is CCc1ccc(C(=O)NNC(=O)[C@@H]2CS[C@]3(C)CCC(=O)N23)cc1. The van der Waals surface area contributed by atoms with Crippen LogP contribution in [0.2, 0.25) is 0 Å². The first kappa shape index (κ1) is 16.8. The molecular weight excluding hydrogens is 326 g/mol. The standard InChI is InChI=1S/C17H21N3O3S/c1-3-11-4-6-12(7-5-11)15(22)18-19-16(23)13-10-24-17(2)9-8-14(21)20(13)17/h4-7,13H,3,8-10H2,1-2H3,(H,18,22)(H,19,23)/t13-,17+/m0/s1. The van der Waals surface area contributed by atoms with Gasteiger partial charge in [-0.2, -0.15) is 0 Å². The molecule has 0 spiro atoms. The van der Waals surface area contributed by atoms with Gasteiger partial charge in [0.05, 0.1) is 4.87 Å². The van der Waals surface area contributed by atoms with E-state index in [1.54, 1.807) is 28.8 Å². The van der Waals surface area contributed by atoms with Crippen molar-refractivity contribution in [2.24, 2.45) is 0 Å². The quantitative estimate of drug-likeness (QED) is 0.812. The topological polar surface area (TPSA) is 78.5 Å². The van der Waals surface area contributed by atoms with E-state index in [4.69, 9.17) is 0 Å². The van der Waals surface area contributed by atoms with Gasteiger partial charge in [0.15, 0.2) is 0 Å². The first-order valence-electron chi connectivity index (χ1n) is 8.10. The van der Waals surface area contributed by atoms with Gasteiger partial charge >= 0.3 is 0 Å². The Morgan fingerprint density at radius 2 is 2.00 bits per heavy atom. The molecule has 0 aromatic heterocycles. The van der Waals surface area contributed by atoms with Crippen LogP contribution in [0.15, 0.2) is 24.3 Å². The monoisotopic (exact) mass is 347 g/mol. The molecule has 0 aliphatic carbocycles. The zero-order chi connectivity index (χ0) is 17.3. The number of nitrogens with one attached hydrogen (secondary N) is 2. The third-order valence-corrected chi connectivity index (χ3v) is 6.18. The number of nitrogens with zero attached hydrogens (tertiary/aromatic N) is 1. The van der Waals surface area contributed by atoms with Crippen LogP contribution >= 0.6 is 11.8 Å². The van der Waals surface area contributed by atoms with Gasteiger partial charge in [-0.1, -0.05) is 19.1 Å². The van der Waals surface area contributed by atoms with Gasteiger partial charge in [0.2, 0.25) is 5.91 Å². The molecule has 2 saturated heterocycles. The highest BCUT2D eigenvalue weighted by Gasteiger charge is 2.52. The molecule has 2 aliphatic heterocycles. The molecule has 2 fully saturated rings. The van der Waals surface area contributed by atoms with Crippen molar-refractivity contribution in [3.63, 3.8) is 0 Å². The molecule has 3 amide bonds. The third-order valence-electron chi connectivity index (χ3n) is 4.67. The van der Waals surface area contributed by atoms with Crippen molar-refractivity contribution in [2.75, 3.05) is 5.75 Å². The summed E-state index contributed by atoms with van der Waals surface area (Å²) in [7, 11) is 0. The second kappa shape index (κ2) is 6.47. The molecule has 7 heteroatoms. The average Bonchev–Trinajstić information content (AvgIpc) is 3.09. The number of hydrogen-bond acceptors (Lipinski definition) is 4. The van der Waals surface area contributed by atoms with Gasteiger partial charge in [-0.25, -0.2) is 0 Å². The Labute approximate surface area is 145 Å². The second-order valence-corrected chi connectivity index (χ2v) is 7.76. The number of fused-ring (bicyclic) bond motifs is 1. The van der Waals surface area contributed by atoms with Crippen molar-refractivity contribution in [1.29, 1.82) is 0 Å². The summed E-state index contributed by atoms with van der Waals surface area (Å²) in [6.07, 6.45) is 2.14. The van der Waals surface area contributed by atoms with E-state index in [2.05, 4.69) is 10.9 Å². The number of carbonyl (C=O) groups is 3. The molecule has 2 N–H and O–H groups in total. The Morgan fingerprint density at radius 3 is 2.67 bits per heavy atom. The maximum Gasteiger partial charge on any atom is 0.269 e. The fraction of sp³-hybridized carbons (Fsp3) is 0.471. The van der Waals surface area contributed by atoms with E-state index in [0.717, 1.165) is 18.4 Å². The fourth-order valence-corrected chi connectivity index (χ4v) is 4.61. The van der Waals surface area contributed by atoms with E-state index < -0.39 is 6.04 Å². The molecule has 2 atom stereocenters. The first-order valence-corrected chi connectivity index (χ1v) is 9.08. The predicted octanol–water partition coefficient (Wildman–Crippen LogP) is 1.46. The highest BCUT2D eigenvalue weighted by Crippen LogP contribution is 2.47. The highest BCUT2D eigenvalue weighted by molar-refractivity contribution is 8.01. The third kappa shape index (κ3) is 3.00. The molecule has 2 aliphatic rings. The summed E-state index contributed by atoms with van der Waals surface area (Å²) in [5.41, 5.74) is 6.52. The van der Waals surface area contributed by atoms with E-state index in [1.807, 2.05) is 26.0 Å². The molecule has 0 saturated carbocycles. The summed E-state index contributed by atoms with van der Waals surface area (Å²) < 4.78 is 0. The van der Waals surface area contributed by atoms with Crippen LogP contribution in [0.1, 0.15) is 42.6 Å². The molecule has 0 unspecified atom stereocenters. The molecule has 24 heavy (non-hydrogen) atoms. The van der Waals surface area contributed by atoms with Gasteiger partial charge < -0.3 is 4.90 Å². The lowest BCUT2D eigenvalue weighted by Crippen LogP contribution is -2.54. The summed E-state index contributed by atoms with van der Waals surface area (Å²) in [5.74, 6) is -0.161. The Balaban J connectivity index is 1.59. The smallest absolute Gasteiger partial charge is 0.269 e. The maximum atomic E-state index is 12.4. The van der Waals surface area contributed by atoms with E-state index in [1.165, 1.54) is 0 Å². The fourth-order valence-electron chi connectivity index (χ4n) is 3.18. The summed E-state index contributed by atoms with van der Waals surface area (Å²) in [5, 5.41) is 0. The Morgan fingerprint density at radius 1 is 1.29 bits per heavy atom. The molecule has 3 rings (SSSR count). The lowest BCUT2D eigenvalue weighted by Gasteiger charge is -2.29. The predicted molar refractivity (Wildman–Crippen MR) is 92.2 cm³/mol. The first-order chi connectivity index (χ1) is 11.4. The highest BCUT2D eigenvalue weighted by atomic mass is 32.2. The molecule has 128 valence electrons. The van der Waals surface area contributed by atoms with E-state index in [0.29, 0.717) is 17.7 Å². The molecular formula is C17H21N3O3S. The maximum absolute atomic E-state index is 12.4. The number of rotatable bonds is 3. The van der Waals surface area contributed by atoms with Crippen LogP contribution in [-0.4, -0.2) is 39.3 Å². The van der Waals surface area contributed by atoms with Crippen molar-refractivity contribution in [3.8, 4) is 0 Å². The summed E-state index contributed by atoms with van der Waals surface area (Å²) in [6, 6.07) is 6.70. The molecule has 2 heterocycles. The van der Waals surface area contributed by atoms with Gasteiger partial charge in [0.25, 0.3) is 11.8 Å². The number of thioether (sulfide) groups is 1. The van der Waals surface area contributed by atoms with Crippen LogP contribution in [0.3, 0.4) is 0 Å². The number of hydrogen-bond donors (Lipinski definition) is 2. The van der Waals surface area contributed by atoms with Crippen molar-refractivity contribution in [2.45, 2.75) is 44.0 Å². The molecule has 1 aromatic carbocycles. The Bertz CT molecular complexity index is 676. The Hall–Kier alpha value is -2.02.